The molecule has 2 atom stereocenters. The minimum absolute atomic E-state index is 0.207. The topological polar surface area (TPSA) is 82.1 Å². The molecule has 2 unspecified atom stereocenters. The van der Waals surface area contributed by atoms with Gasteiger partial charge in [0.05, 0.1) is 17.6 Å². The highest BCUT2D eigenvalue weighted by Gasteiger charge is 2.33. The van der Waals surface area contributed by atoms with E-state index in [0.29, 0.717) is 11.0 Å². The molecule has 0 saturated carbocycles. The molecule has 2 aromatic rings. The number of benzene rings is 1. The molecule has 1 N–H and O–H groups in total. The zero-order chi connectivity index (χ0) is 21.4. The average Bonchev–Trinajstić information content (AvgIpc) is 3.08. The van der Waals surface area contributed by atoms with Gasteiger partial charge in [-0.1, -0.05) is 30.8 Å². The maximum absolute atomic E-state index is 9.94. The smallest absolute Gasteiger partial charge is 0.131 e. The highest BCUT2D eigenvalue weighted by molar-refractivity contribution is 5.79. The van der Waals surface area contributed by atoms with Crippen LogP contribution in [0.15, 0.2) is 28.2 Å². The fourth-order valence-electron chi connectivity index (χ4n) is 3.39. The summed E-state index contributed by atoms with van der Waals surface area (Å²) in [7, 11) is 8.25. The van der Waals surface area contributed by atoms with Crippen molar-refractivity contribution in [1.29, 1.82) is 0 Å². The Morgan fingerprint density at radius 3 is 2.52 bits per heavy atom. The average molecular weight is 402 g/mol. The quantitative estimate of drug-likeness (QED) is 0.462. The van der Waals surface area contributed by atoms with Crippen LogP contribution in [0, 0.1) is 0 Å². The lowest BCUT2D eigenvalue weighted by Gasteiger charge is -2.29. The second kappa shape index (κ2) is 10.5. The van der Waals surface area contributed by atoms with Gasteiger partial charge in [0.2, 0.25) is 0 Å². The molecule has 0 bridgehead atoms. The van der Waals surface area contributed by atoms with Crippen molar-refractivity contribution in [3.8, 4) is 0 Å². The molecule has 1 aromatic carbocycles. The predicted octanol–water partition coefficient (Wildman–Crippen LogP) is 3.13. The Labute approximate surface area is 173 Å². The van der Waals surface area contributed by atoms with Gasteiger partial charge in [-0.25, -0.2) is 9.98 Å². The minimum atomic E-state index is -0.525. The van der Waals surface area contributed by atoms with Crippen LogP contribution in [0.3, 0.4) is 0 Å². The third-order valence-electron chi connectivity index (χ3n) is 5.40. The van der Waals surface area contributed by atoms with Crippen LogP contribution in [0.5, 0.6) is 0 Å². The molecule has 2 rings (SSSR count). The fraction of sp³-hybridized carbons (Fsp3) is 0.667. The van der Waals surface area contributed by atoms with Crippen molar-refractivity contribution >= 4 is 17.0 Å². The van der Waals surface area contributed by atoms with E-state index in [9.17, 15) is 5.21 Å². The molecule has 1 aromatic heterocycles. The summed E-state index contributed by atoms with van der Waals surface area (Å²) < 4.78 is 0. The summed E-state index contributed by atoms with van der Waals surface area (Å²) in [5.41, 5.74) is 1.67. The Morgan fingerprint density at radius 2 is 1.90 bits per heavy atom. The molecule has 160 valence electrons. The highest BCUT2D eigenvalue weighted by Crippen LogP contribution is 2.36. The van der Waals surface area contributed by atoms with E-state index in [2.05, 4.69) is 73.2 Å². The van der Waals surface area contributed by atoms with Crippen molar-refractivity contribution in [1.82, 2.24) is 25.0 Å². The van der Waals surface area contributed by atoms with E-state index in [4.69, 9.17) is 4.99 Å². The molecular weight excluding hydrogens is 366 g/mol. The first-order valence-electron chi connectivity index (χ1n) is 10.3. The lowest BCUT2D eigenvalue weighted by Crippen LogP contribution is -2.29. The summed E-state index contributed by atoms with van der Waals surface area (Å²) in [6, 6.07) is 8.98. The molecule has 0 radical (unpaired) electrons. The lowest BCUT2D eigenvalue weighted by atomic mass is 9.83. The van der Waals surface area contributed by atoms with Crippen LogP contribution in [0.4, 0.5) is 0 Å². The van der Waals surface area contributed by atoms with Gasteiger partial charge in [-0.3, -0.25) is 0 Å². The van der Waals surface area contributed by atoms with Gasteiger partial charge in [-0.15, -0.1) is 5.10 Å². The van der Waals surface area contributed by atoms with Crippen LogP contribution < -0.4 is 0 Å². The third-order valence-corrected chi connectivity index (χ3v) is 5.40. The fourth-order valence-corrected chi connectivity index (χ4v) is 3.39. The van der Waals surface area contributed by atoms with Crippen LogP contribution in [-0.2, 0) is 5.54 Å². The minimum Gasteiger partial charge on any atom is -0.410 e. The first-order valence-corrected chi connectivity index (χ1v) is 10.3. The van der Waals surface area contributed by atoms with Crippen molar-refractivity contribution < 1.29 is 5.21 Å². The van der Waals surface area contributed by atoms with Gasteiger partial charge in [0.15, 0.2) is 0 Å². The van der Waals surface area contributed by atoms with Crippen LogP contribution in [0.1, 0.15) is 45.1 Å². The molecule has 29 heavy (non-hydrogen) atoms. The number of hydrogen-bond acceptors (Lipinski definition) is 7. The molecule has 1 heterocycles. The number of hydrogen-bond donors (Lipinski definition) is 1. The van der Waals surface area contributed by atoms with Gasteiger partial charge in [0.1, 0.15) is 11.0 Å². The van der Waals surface area contributed by atoms with Gasteiger partial charge >= 0.3 is 0 Å². The summed E-state index contributed by atoms with van der Waals surface area (Å²) in [4.78, 5) is 14.6. The van der Waals surface area contributed by atoms with E-state index in [-0.39, 0.29) is 6.04 Å². The van der Waals surface area contributed by atoms with Crippen molar-refractivity contribution in [3.05, 3.63) is 23.8 Å². The summed E-state index contributed by atoms with van der Waals surface area (Å²) >= 11 is 0. The van der Waals surface area contributed by atoms with Gasteiger partial charge in [0.25, 0.3) is 0 Å². The standard InChI is InChI=1S/C21H35N7O/c1-7-17(12-14-26(3)4)22-16-23-21(8-2,13-15-27(5)6)18-10-9-11-19-20(18)24-25-28(19)29/h9-11,17,29H,7-8,12-15H2,1-6H3. The van der Waals surface area contributed by atoms with Crippen LogP contribution in [0.2, 0.25) is 0 Å². The zero-order valence-electron chi connectivity index (χ0n) is 18.6. The maximum Gasteiger partial charge on any atom is 0.131 e. The largest absolute Gasteiger partial charge is 0.410 e. The van der Waals surface area contributed by atoms with E-state index in [1.807, 2.05) is 12.1 Å². The highest BCUT2D eigenvalue weighted by atomic mass is 16.5. The number of fused-ring (bicyclic) bond motifs is 1. The molecular formula is C21H35N7O. The lowest BCUT2D eigenvalue weighted by molar-refractivity contribution is 0.155. The molecule has 0 aliphatic heterocycles. The number of rotatable bonds is 11. The van der Waals surface area contributed by atoms with Crippen molar-refractivity contribution in [2.75, 3.05) is 41.3 Å². The Bertz CT molecular complexity index is 839. The van der Waals surface area contributed by atoms with E-state index >= 15 is 0 Å². The number of aliphatic imine (C=N–C) groups is 2. The van der Waals surface area contributed by atoms with Crippen molar-refractivity contribution in [2.24, 2.45) is 9.98 Å². The predicted molar refractivity (Wildman–Crippen MR) is 117 cm³/mol. The summed E-state index contributed by atoms with van der Waals surface area (Å²) in [5.74, 6) is 0. The normalized spacial score (nSPS) is 14.8. The maximum atomic E-state index is 9.94. The molecule has 0 fully saturated rings. The first kappa shape index (κ1) is 23.0. The molecule has 0 spiro atoms. The Hall–Kier alpha value is -2.28. The monoisotopic (exact) mass is 401 g/mol. The SMILES string of the molecule is CCC(CCN(C)C)N=C=NC(CC)(CCN(C)C)c1cccc2c1nnn2O. The van der Waals surface area contributed by atoms with Crippen LogP contribution in [-0.4, -0.2) is 83.5 Å². The van der Waals surface area contributed by atoms with Gasteiger partial charge in [0, 0.05) is 12.1 Å². The molecule has 0 aliphatic carbocycles. The summed E-state index contributed by atoms with van der Waals surface area (Å²) in [5, 5.41) is 17.9. The second-order valence-corrected chi connectivity index (χ2v) is 8.09. The Morgan fingerprint density at radius 1 is 1.17 bits per heavy atom. The molecule has 0 aliphatic rings. The third kappa shape index (κ3) is 5.85. The zero-order valence-corrected chi connectivity index (χ0v) is 18.6. The Kier molecular flexibility index (Phi) is 8.32. The van der Waals surface area contributed by atoms with E-state index in [1.165, 1.54) is 0 Å². The van der Waals surface area contributed by atoms with Crippen LogP contribution >= 0.6 is 0 Å². The summed E-state index contributed by atoms with van der Waals surface area (Å²) in [6.07, 6.45) is 3.51. The number of aromatic nitrogens is 3. The first-order chi connectivity index (χ1) is 13.8. The molecule has 8 heteroatoms. The van der Waals surface area contributed by atoms with Gasteiger partial charge in [-0.05, 0) is 71.7 Å². The van der Waals surface area contributed by atoms with Crippen LogP contribution in [0.25, 0.3) is 11.0 Å². The second-order valence-electron chi connectivity index (χ2n) is 8.09. The van der Waals surface area contributed by atoms with Gasteiger partial charge < -0.3 is 15.0 Å². The van der Waals surface area contributed by atoms with E-state index in [0.717, 1.165) is 49.2 Å². The van der Waals surface area contributed by atoms with Gasteiger partial charge in [-0.2, -0.15) is 0 Å². The number of nitrogens with zero attached hydrogens (tertiary/aromatic N) is 7. The Balaban J connectivity index is 2.45. The van der Waals surface area contributed by atoms with E-state index < -0.39 is 5.54 Å². The molecule has 8 nitrogen and oxygen atoms in total. The summed E-state index contributed by atoms with van der Waals surface area (Å²) in [6.45, 7) is 6.11. The van der Waals surface area contributed by atoms with E-state index in [1.54, 1.807) is 6.07 Å². The van der Waals surface area contributed by atoms with Crippen molar-refractivity contribution in [3.63, 3.8) is 0 Å². The molecule has 0 amide bonds. The van der Waals surface area contributed by atoms with Crippen molar-refractivity contribution in [2.45, 2.75) is 51.1 Å². The molecule has 0 saturated heterocycles.